The lowest BCUT2D eigenvalue weighted by Crippen LogP contribution is -2.32. The van der Waals surface area contributed by atoms with Gasteiger partial charge in [0.15, 0.2) is 0 Å². The van der Waals surface area contributed by atoms with Crippen LogP contribution in [0.2, 0.25) is 0 Å². The third-order valence-corrected chi connectivity index (χ3v) is 3.18. The molecule has 2 rings (SSSR count). The van der Waals surface area contributed by atoms with Gasteiger partial charge in [-0.1, -0.05) is 25.0 Å². The molecule has 0 aromatic heterocycles. The Labute approximate surface area is 91.3 Å². The van der Waals surface area contributed by atoms with Crippen LogP contribution in [0.1, 0.15) is 26.2 Å². The Bertz CT molecular complexity index is 322. The van der Waals surface area contributed by atoms with Gasteiger partial charge < -0.3 is 4.90 Å². The van der Waals surface area contributed by atoms with Gasteiger partial charge in [0.05, 0.1) is 6.04 Å². The first kappa shape index (κ1) is 10.3. The monoisotopic (exact) mass is 203 g/mol. The SMILES string of the molecule is C#C[C@@H]1C[C@@H](C)C(=O)N1C/C=C/C1CC1. The highest BCUT2D eigenvalue weighted by Crippen LogP contribution is 2.30. The molecule has 80 valence electrons. The van der Waals surface area contributed by atoms with Gasteiger partial charge >= 0.3 is 0 Å². The van der Waals surface area contributed by atoms with Crippen LogP contribution in [0.15, 0.2) is 12.2 Å². The van der Waals surface area contributed by atoms with Crippen LogP contribution in [0.4, 0.5) is 0 Å². The maximum atomic E-state index is 11.8. The van der Waals surface area contributed by atoms with Crippen molar-refractivity contribution < 1.29 is 4.79 Å². The van der Waals surface area contributed by atoms with E-state index in [1.165, 1.54) is 12.8 Å². The van der Waals surface area contributed by atoms with E-state index in [4.69, 9.17) is 6.42 Å². The molecule has 1 saturated carbocycles. The number of rotatable bonds is 3. The summed E-state index contributed by atoms with van der Waals surface area (Å²) in [6.45, 7) is 2.64. The lowest BCUT2D eigenvalue weighted by atomic mass is 10.1. The van der Waals surface area contributed by atoms with E-state index in [2.05, 4.69) is 18.1 Å². The number of hydrogen-bond acceptors (Lipinski definition) is 1. The van der Waals surface area contributed by atoms with Crippen molar-refractivity contribution in [3.05, 3.63) is 12.2 Å². The Morgan fingerprint density at radius 1 is 1.60 bits per heavy atom. The van der Waals surface area contributed by atoms with Gasteiger partial charge in [0.2, 0.25) is 5.91 Å². The first-order valence-corrected chi connectivity index (χ1v) is 5.65. The van der Waals surface area contributed by atoms with Gasteiger partial charge in [-0.2, -0.15) is 0 Å². The van der Waals surface area contributed by atoms with Crippen LogP contribution >= 0.6 is 0 Å². The summed E-state index contributed by atoms with van der Waals surface area (Å²) in [4.78, 5) is 13.6. The molecule has 0 spiro atoms. The summed E-state index contributed by atoms with van der Waals surface area (Å²) >= 11 is 0. The van der Waals surface area contributed by atoms with Gasteiger partial charge in [-0.25, -0.2) is 0 Å². The molecule has 0 unspecified atom stereocenters. The average molecular weight is 203 g/mol. The molecule has 1 heterocycles. The molecule has 2 aliphatic rings. The number of carbonyl (C=O) groups is 1. The summed E-state index contributed by atoms with van der Waals surface area (Å²) in [5, 5.41) is 0. The van der Waals surface area contributed by atoms with Gasteiger partial charge in [0.25, 0.3) is 0 Å². The van der Waals surface area contributed by atoms with Crippen molar-refractivity contribution >= 4 is 5.91 Å². The zero-order valence-corrected chi connectivity index (χ0v) is 9.15. The van der Waals surface area contributed by atoms with Crippen LogP contribution < -0.4 is 0 Å². The third-order valence-electron chi connectivity index (χ3n) is 3.18. The Morgan fingerprint density at radius 2 is 2.33 bits per heavy atom. The summed E-state index contributed by atoms with van der Waals surface area (Å²) < 4.78 is 0. The number of carbonyl (C=O) groups excluding carboxylic acids is 1. The molecule has 2 nitrogen and oxygen atoms in total. The second kappa shape index (κ2) is 4.10. The topological polar surface area (TPSA) is 20.3 Å². The number of hydrogen-bond donors (Lipinski definition) is 0. The van der Waals surface area contributed by atoms with E-state index >= 15 is 0 Å². The fraction of sp³-hybridized carbons (Fsp3) is 0.615. The number of allylic oxidation sites excluding steroid dienone is 1. The van der Waals surface area contributed by atoms with E-state index in [1.54, 1.807) is 0 Å². The summed E-state index contributed by atoms with van der Waals surface area (Å²) in [5.74, 6) is 3.77. The van der Waals surface area contributed by atoms with E-state index in [1.807, 2.05) is 11.8 Å². The summed E-state index contributed by atoms with van der Waals surface area (Å²) in [6, 6.07) is 0.0105. The van der Waals surface area contributed by atoms with Crippen molar-refractivity contribution in [3.8, 4) is 12.3 Å². The van der Waals surface area contributed by atoms with E-state index in [-0.39, 0.29) is 17.9 Å². The highest BCUT2D eigenvalue weighted by molar-refractivity contribution is 5.81. The quantitative estimate of drug-likeness (QED) is 0.506. The molecule has 1 saturated heterocycles. The zero-order chi connectivity index (χ0) is 10.8. The molecule has 1 aliphatic carbocycles. The number of amides is 1. The minimum absolute atomic E-state index is 0.0105. The number of terminal acetylenes is 1. The molecular formula is C13H17NO. The van der Waals surface area contributed by atoms with Gasteiger partial charge in [0, 0.05) is 12.5 Å². The van der Waals surface area contributed by atoms with Crippen LogP contribution in [0.3, 0.4) is 0 Å². The zero-order valence-electron chi connectivity index (χ0n) is 9.15. The maximum Gasteiger partial charge on any atom is 0.226 e. The summed E-state index contributed by atoms with van der Waals surface area (Å²) in [6.07, 6.45) is 13.2. The molecule has 1 amide bonds. The second-order valence-electron chi connectivity index (χ2n) is 4.58. The Kier molecular flexibility index (Phi) is 2.81. The van der Waals surface area contributed by atoms with Crippen LogP contribution in [0.5, 0.6) is 0 Å². The van der Waals surface area contributed by atoms with Crippen molar-refractivity contribution in [1.82, 2.24) is 4.90 Å². The third kappa shape index (κ3) is 2.23. The first-order valence-electron chi connectivity index (χ1n) is 5.65. The van der Waals surface area contributed by atoms with E-state index < -0.39 is 0 Å². The average Bonchev–Trinajstić information content (AvgIpc) is 3.00. The first-order chi connectivity index (χ1) is 7.22. The van der Waals surface area contributed by atoms with Crippen LogP contribution in [-0.2, 0) is 4.79 Å². The molecular weight excluding hydrogens is 186 g/mol. The van der Waals surface area contributed by atoms with Gasteiger partial charge in [-0.3, -0.25) is 4.79 Å². The van der Waals surface area contributed by atoms with Crippen molar-refractivity contribution in [2.45, 2.75) is 32.2 Å². The Hall–Kier alpha value is -1.23. The summed E-state index contributed by atoms with van der Waals surface area (Å²) in [5.41, 5.74) is 0. The maximum absolute atomic E-state index is 11.8. The standard InChI is InChI=1S/C13H17NO/c1-3-12-9-10(2)13(15)14(12)8-4-5-11-6-7-11/h1,4-5,10-12H,6-9H2,2H3/b5-4+/t10-,12-/m1/s1. The molecule has 2 fully saturated rings. The Morgan fingerprint density at radius 3 is 2.93 bits per heavy atom. The van der Waals surface area contributed by atoms with Crippen molar-refractivity contribution in [1.29, 1.82) is 0 Å². The van der Waals surface area contributed by atoms with Gasteiger partial charge in [0.1, 0.15) is 0 Å². The predicted molar refractivity (Wildman–Crippen MR) is 60.0 cm³/mol. The molecule has 0 bridgehead atoms. The molecule has 2 heteroatoms. The minimum Gasteiger partial charge on any atom is -0.325 e. The molecule has 0 aromatic rings. The van der Waals surface area contributed by atoms with Crippen molar-refractivity contribution in [3.63, 3.8) is 0 Å². The molecule has 0 N–H and O–H groups in total. The summed E-state index contributed by atoms with van der Waals surface area (Å²) in [7, 11) is 0. The molecule has 15 heavy (non-hydrogen) atoms. The highest BCUT2D eigenvalue weighted by atomic mass is 16.2. The van der Waals surface area contributed by atoms with E-state index in [9.17, 15) is 4.79 Å². The van der Waals surface area contributed by atoms with E-state index in [0.717, 1.165) is 12.3 Å². The number of likely N-dealkylation sites (tertiary alicyclic amines) is 1. The van der Waals surface area contributed by atoms with Crippen molar-refractivity contribution in [2.24, 2.45) is 11.8 Å². The van der Waals surface area contributed by atoms with E-state index in [0.29, 0.717) is 6.54 Å². The molecule has 0 aromatic carbocycles. The highest BCUT2D eigenvalue weighted by Gasteiger charge is 2.34. The molecule has 1 aliphatic heterocycles. The van der Waals surface area contributed by atoms with Gasteiger partial charge in [-0.15, -0.1) is 6.42 Å². The van der Waals surface area contributed by atoms with Gasteiger partial charge in [-0.05, 0) is 25.2 Å². The second-order valence-corrected chi connectivity index (χ2v) is 4.58. The lowest BCUT2D eigenvalue weighted by Gasteiger charge is -2.18. The fourth-order valence-electron chi connectivity index (χ4n) is 2.03. The van der Waals surface area contributed by atoms with Crippen LogP contribution in [0, 0.1) is 24.2 Å². The van der Waals surface area contributed by atoms with Crippen LogP contribution in [-0.4, -0.2) is 23.4 Å². The lowest BCUT2D eigenvalue weighted by molar-refractivity contribution is -0.130. The Balaban J connectivity index is 1.93. The van der Waals surface area contributed by atoms with Crippen molar-refractivity contribution in [2.75, 3.05) is 6.54 Å². The minimum atomic E-state index is 0.0105. The predicted octanol–water partition coefficient (Wildman–Crippen LogP) is 1.82. The number of nitrogens with zero attached hydrogens (tertiary/aromatic N) is 1. The fourth-order valence-corrected chi connectivity index (χ4v) is 2.03. The van der Waals surface area contributed by atoms with Crippen LogP contribution in [0.25, 0.3) is 0 Å². The molecule has 0 radical (unpaired) electrons. The smallest absolute Gasteiger partial charge is 0.226 e. The largest absolute Gasteiger partial charge is 0.325 e. The normalized spacial score (nSPS) is 31.2. The molecule has 2 atom stereocenters.